The molecule has 2 aromatic rings. The first kappa shape index (κ1) is 25.9. The SMILES string of the molecule is CCCCP(=O)(CCCC)Oc1ccc(C[CH2][Ge]([CH3])([CH3])[c]2ccc(C(C)=O)cc2)cc1. The maximum atomic E-state index is 13.2. The number of Topliss-reactive ketones (excluding diaryl/α,β-unsaturated/α-hetero) is 1. The summed E-state index contributed by atoms with van der Waals surface area (Å²) in [6, 6.07) is 16.4. The van der Waals surface area contributed by atoms with E-state index in [1.165, 1.54) is 15.2 Å². The number of rotatable bonds is 13. The summed E-state index contributed by atoms with van der Waals surface area (Å²) in [4.78, 5) is 11.5. The van der Waals surface area contributed by atoms with E-state index in [0.717, 1.165) is 43.4 Å². The molecule has 0 atom stereocenters. The molecule has 170 valence electrons. The number of hydrogen-bond acceptors (Lipinski definition) is 3. The molecule has 2 aromatic carbocycles. The fourth-order valence-corrected chi connectivity index (χ4v) is 10.9. The number of unbranched alkanes of at least 4 members (excludes halogenated alkanes) is 2. The average molecular weight is 503 g/mol. The summed E-state index contributed by atoms with van der Waals surface area (Å²) < 4.78 is 20.7. The van der Waals surface area contributed by atoms with E-state index in [2.05, 4.69) is 49.6 Å². The molecule has 0 spiro atoms. The van der Waals surface area contributed by atoms with Crippen molar-refractivity contribution >= 4 is 30.8 Å². The molecule has 0 aliphatic carbocycles. The second kappa shape index (κ2) is 12.1. The van der Waals surface area contributed by atoms with Gasteiger partial charge in [-0.25, -0.2) is 0 Å². The number of carbonyl (C=O) groups excluding carboxylic acids is 1. The number of ketones is 1. The third-order valence-electron chi connectivity index (χ3n) is 6.01. The van der Waals surface area contributed by atoms with Gasteiger partial charge >= 0.3 is 192 Å². The first-order valence-electron chi connectivity index (χ1n) is 11.7. The fraction of sp³-hybridized carbons (Fsp3) is 0.500. The number of aryl methyl sites for hydroxylation is 1. The van der Waals surface area contributed by atoms with Crippen molar-refractivity contribution in [2.45, 2.75) is 69.6 Å². The molecule has 0 fully saturated rings. The van der Waals surface area contributed by atoms with Crippen LogP contribution in [0, 0.1) is 0 Å². The Morgan fingerprint density at radius 3 is 1.94 bits per heavy atom. The van der Waals surface area contributed by atoms with E-state index in [0.29, 0.717) is 12.3 Å². The van der Waals surface area contributed by atoms with Crippen molar-refractivity contribution in [2.24, 2.45) is 0 Å². The first-order chi connectivity index (χ1) is 14.7. The van der Waals surface area contributed by atoms with Gasteiger partial charge in [-0.1, -0.05) is 0 Å². The maximum absolute atomic E-state index is 13.2. The molecule has 5 heteroatoms. The molecule has 0 amide bonds. The molecule has 3 nitrogen and oxygen atoms in total. The molecule has 0 bridgehead atoms. The van der Waals surface area contributed by atoms with Gasteiger partial charge in [0.15, 0.2) is 0 Å². The summed E-state index contributed by atoms with van der Waals surface area (Å²) in [5.41, 5.74) is 2.08. The minimum absolute atomic E-state index is 0.119. The molecule has 0 saturated carbocycles. The van der Waals surface area contributed by atoms with Crippen molar-refractivity contribution in [1.82, 2.24) is 0 Å². The Kier molecular flexibility index (Phi) is 10.1. The molecule has 0 unspecified atom stereocenters. The van der Waals surface area contributed by atoms with Gasteiger partial charge in [-0.2, -0.15) is 0 Å². The van der Waals surface area contributed by atoms with Crippen molar-refractivity contribution in [2.75, 3.05) is 12.3 Å². The monoisotopic (exact) mass is 504 g/mol. The van der Waals surface area contributed by atoms with Gasteiger partial charge in [0.25, 0.3) is 0 Å². The van der Waals surface area contributed by atoms with Crippen molar-refractivity contribution in [3.8, 4) is 5.75 Å². The van der Waals surface area contributed by atoms with Crippen LogP contribution in [0.2, 0.25) is 16.8 Å². The van der Waals surface area contributed by atoms with Crippen LogP contribution in [0.15, 0.2) is 48.5 Å². The van der Waals surface area contributed by atoms with E-state index in [4.69, 9.17) is 4.52 Å². The van der Waals surface area contributed by atoms with Gasteiger partial charge in [0.2, 0.25) is 0 Å². The van der Waals surface area contributed by atoms with Crippen LogP contribution < -0.4 is 8.92 Å². The van der Waals surface area contributed by atoms with Gasteiger partial charge in [-0.3, -0.25) is 0 Å². The van der Waals surface area contributed by atoms with Gasteiger partial charge in [0, 0.05) is 0 Å². The summed E-state index contributed by atoms with van der Waals surface area (Å²) in [6.07, 6.45) is 6.37. The van der Waals surface area contributed by atoms with Crippen LogP contribution in [0.1, 0.15) is 62.4 Å². The Morgan fingerprint density at radius 2 is 1.45 bits per heavy atom. The van der Waals surface area contributed by atoms with Crippen molar-refractivity contribution < 1.29 is 13.9 Å². The topological polar surface area (TPSA) is 43.4 Å². The Hall–Kier alpha value is -1.32. The van der Waals surface area contributed by atoms with Crippen LogP contribution in [-0.4, -0.2) is 31.4 Å². The predicted molar refractivity (Wildman–Crippen MR) is 136 cm³/mol. The van der Waals surface area contributed by atoms with Crippen LogP contribution in [0.5, 0.6) is 5.75 Å². The van der Waals surface area contributed by atoms with E-state index in [9.17, 15) is 9.36 Å². The predicted octanol–water partition coefficient (Wildman–Crippen LogP) is 7.30. The number of benzene rings is 2. The van der Waals surface area contributed by atoms with E-state index < -0.39 is 20.6 Å². The van der Waals surface area contributed by atoms with E-state index in [-0.39, 0.29) is 5.78 Å². The molecule has 0 radical (unpaired) electrons. The first-order valence-corrected chi connectivity index (χ1v) is 20.4. The molecular formula is C26H39GeO3P. The van der Waals surface area contributed by atoms with E-state index in [1.54, 1.807) is 6.92 Å². The van der Waals surface area contributed by atoms with Crippen LogP contribution in [0.3, 0.4) is 0 Å². The average Bonchev–Trinajstić information content (AvgIpc) is 2.76. The van der Waals surface area contributed by atoms with Crippen molar-refractivity contribution in [3.63, 3.8) is 0 Å². The molecule has 0 aliphatic heterocycles. The summed E-state index contributed by atoms with van der Waals surface area (Å²) in [7, 11) is -2.60. The zero-order chi connectivity index (χ0) is 22.9. The molecule has 0 saturated heterocycles. The van der Waals surface area contributed by atoms with Crippen molar-refractivity contribution in [3.05, 3.63) is 59.7 Å². The van der Waals surface area contributed by atoms with E-state index >= 15 is 0 Å². The second-order valence-electron chi connectivity index (χ2n) is 9.22. The van der Waals surface area contributed by atoms with Crippen LogP contribution >= 0.6 is 7.37 Å². The minimum atomic E-state index is -2.60. The van der Waals surface area contributed by atoms with Crippen LogP contribution in [0.4, 0.5) is 0 Å². The molecular weight excluding hydrogens is 464 g/mol. The van der Waals surface area contributed by atoms with Gasteiger partial charge < -0.3 is 0 Å². The summed E-state index contributed by atoms with van der Waals surface area (Å²) >= 11 is -2.15. The molecule has 0 aromatic heterocycles. The normalized spacial score (nSPS) is 12.0. The Labute approximate surface area is 191 Å². The van der Waals surface area contributed by atoms with E-state index in [1.807, 2.05) is 24.3 Å². The molecule has 31 heavy (non-hydrogen) atoms. The van der Waals surface area contributed by atoms with Crippen molar-refractivity contribution in [1.29, 1.82) is 0 Å². The quantitative estimate of drug-likeness (QED) is 0.164. The molecule has 0 heterocycles. The van der Waals surface area contributed by atoms with Crippen LogP contribution in [-0.2, 0) is 11.0 Å². The standard InChI is InChI=1S/C26H39GeO3P/c1-6-8-20-31(29,21-9-7-2)30-26-16-10-23(11-17-26)18-19-27(4,5)25-14-12-24(13-15-25)22(3)28/h10-17H,6-9,18-21H2,1-5H3. The zero-order valence-corrected chi connectivity index (χ0v) is 22.9. The van der Waals surface area contributed by atoms with Crippen LogP contribution in [0.25, 0.3) is 0 Å². The third-order valence-corrected chi connectivity index (χ3v) is 15.7. The number of carbonyl (C=O) groups is 1. The Morgan fingerprint density at radius 1 is 0.903 bits per heavy atom. The summed E-state index contributed by atoms with van der Waals surface area (Å²) in [5.74, 6) is 5.71. The van der Waals surface area contributed by atoms with Gasteiger partial charge in [-0.05, 0) is 0 Å². The summed E-state index contributed by atoms with van der Waals surface area (Å²) in [6.45, 7) is 5.87. The zero-order valence-electron chi connectivity index (χ0n) is 19.9. The Balaban J connectivity index is 1.99. The van der Waals surface area contributed by atoms with Gasteiger partial charge in [-0.15, -0.1) is 0 Å². The number of hydrogen-bond donors (Lipinski definition) is 0. The Bertz CT molecular complexity index is 861. The third kappa shape index (κ3) is 8.27. The fourth-order valence-electron chi connectivity index (χ4n) is 3.67. The molecule has 2 rings (SSSR count). The van der Waals surface area contributed by atoms with Gasteiger partial charge in [0.1, 0.15) is 0 Å². The second-order valence-corrected chi connectivity index (χ2v) is 22.1. The van der Waals surface area contributed by atoms with Gasteiger partial charge in [0.05, 0.1) is 0 Å². The summed E-state index contributed by atoms with van der Waals surface area (Å²) in [5, 5.41) is 1.19. The molecule has 0 N–H and O–H groups in total. The molecule has 0 aliphatic rings.